The van der Waals surface area contributed by atoms with Gasteiger partial charge in [0.15, 0.2) is 0 Å². The van der Waals surface area contributed by atoms with Crippen molar-refractivity contribution in [3.63, 3.8) is 0 Å². The first-order chi connectivity index (χ1) is 35.2. The zero-order valence-corrected chi connectivity index (χ0v) is 46.5. The number of rotatable bonds is 4. The number of fused-ring (bicyclic) bond motifs is 12. The molecule has 0 aliphatic heterocycles. The largest absolute Gasteiger partial charge is 0.306 e. The molecular weight excluding hydrogens is 933 g/mol. The van der Waals surface area contributed by atoms with Crippen LogP contribution in [0.4, 0.5) is 0 Å². The molecule has 0 fully saturated rings. The van der Waals surface area contributed by atoms with Crippen molar-refractivity contribution in [3.05, 3.63) is 192 Å². The maximum absolute atomic E-state index is 2.60. The van der Waals surface area contributed by atoms with Gasteiger partial charge in [0.1, 0.15) is 0 Å². The first-order valence-corrected chi connectivity index (χ1v) is 28.0. The molecule has 0 bridgehead atoms. The lowest BCUT2D eigenvalue weighted by Gasteiger charge is -2.23. The molecule has 9 aromatic carbocycles. The number of para-hydroxylation sites is 2. The highest BCUT2D eigenvalue weighted by atomic mass is 32.1. The summed E-state index contributed by atoms with van der Waals surface area (Å²) in [5.74, 6) is 0. The maximum Gasteiger partial charge on any atom is 0.0736 e. The molecule has 13 aromatic rings. The third-order valence-electron chi connectivity index (χ3n) is 16.0. The van der Waals surface area contributed by atoms with Gasteiger partial charge in [0, 0.05) is 21.5 Å². The fraction of sp³-hybridized carbons (Fsp3) is 0.229. The van der Waals surface area contributed by atoms with E-state index in [4.69, 9.17) is 0 Å². The summed E-state index contributed by atoms with van der Waals surface area (Å²) in [5.41, 5.74) is 23.0. The van der Waals surface area contributed by atoms with Crippen molar-refractivity contribution in [2.24, 2.45) is 0 Å². The molecule has 0 saturated heterocycles. The van der Waals surface area contributed by atoms with Gasteiger partial charge >= 0.3 is 0 Å². The van der Waals surface area contributed by atoms with E-state index >= 15 is 0 Å². The van der Waals surface area contributed by atoms with Gasteiger partial charge in [-0.25, -0.2) is 0 Å². The highest BCUT2D eigenvalue weighted by molar-refractivity contribution is 7.27. The van der Waals surface area contributed by atoms with Crippen LogP contribution in [0, 0.1) is 0 Å². The molecule has 4 aromatic heterocycles. The summed E-state index contributed by atoms with van der Waals surface area (Å²) in [6.45, 7) is 27.7. The van der Waals surface area contributed by atoms with E-state index in [2.05, 4.69) is 262 Å². The second kappa shape index (κ2) is 16.3. The fourth-order valence-electron chi connectivity index (χ4n) is 11.7. The Balaban J connectivity index is 1.14. The standard InChI is InChI=1S/C70H64N2S2/c1-67(2,3)45-27-21-41(22-28-45)49-33-31-47(69(7,8)9)39-51(49)43-25-35-55-53(37-43)61-63-66(74-59-19-15-13-17-57(59)71(55)63)62-54-38-44(26-36-56(54)72-58-18-14-16-20-60(58)73-65(61)64(62)72)52-40-48(70(10,11)12)32-34-50(52)42-23-29-46(30-24-42)68(4,5)6/h13-40H,1-12H3. The molecule has 0 amide bonds. The van der Waals surface area contributed by atoms with Crippen molar-refractivity contribution in [1.29, 1.82) is 0 Å². The van der Waals surface area contributed by atoms with E-state index in [1.54, 1.807) is 0 Å². The lowest BCUT2D eigenvalue weighted by atomic mass is 9.82. The summed E-state index contributed by atoms with van der Waals surface area (Å²) in [6, 6.07) is 65.7. The molecule has 0 atom stereocenters. The van der Waals surface area contributed by atoms with Gasteiger partial charge in [-0.1, -0.05) is 204 Å². The summed E-state index contributed by atoms with van der Waals surface area (Å²) in [4.78, 5) is 0. The Morgan fingerprint density at radius 2 is 0.635 bits per heavy atom. The first kappa shape index (κ1) is 46.8. The van der Waals surface area contributed by atoms with Crippen LogP contribution in [0.25, 0.3) is 118 Å². The average Bonchev–Trinajstić information content (AvgIpc) is 3.94. The van der Waals surface area contributed by atoms with Crippen molar-refractivity contribution < 1.29 is 0 Å². The average molecular weight is 997 g/mol. The van der Waals surface area contributed by atoms with Gasteiger partial charge in [-0.05, 0) is 137 Å². The SMILES string of the molecule is CC(C)(C)c1ccc(-c2ccc(C(C)(C)C)cc2-c2ccc3c(c2)c2c4sc5ccccc5n5c6ccc(-c7cc(C(C)(C)C)ccc7-c7ccc(C(C)(C)C)cc7)cc6c(c6sc7ccccc7n3c62)c45)cc1. The Morgan fingerprint density at radius 1 is 0.297 bits per heavy atom. The van der Waals surface area contributed by atoms with Crippen LogP contribution in [0.1, 0.15) is 105 Å². The van der Waals surface area contributed by atoms with Gasteiger partial charge in [-0.15, -0.1) is 22.7 Å². The van der Waals surface area contributed by atoms with Gasteiger partial charge in [0.25, 0.3) is 0 Å². The number of benzene rings is 9. The molecule has 0 unspecified atom stereocenters. The maximum atomic E-state index is 2.60. The second-order valence-corrected chi connectivity index (χ2v) is 27.2. The lowest BCUT2D eigenvalue weighted by Crippen LogP contribution is -2.11. The normalized spacial score (nSPS) is 13.1. The molecule has 2 nitrogen and oxygen atoms in total. The molecule has 74 heavy (non-hydrogen) atoms. The summed E-state index contributed by atoms with van der Waals surface area (Å²) < 4.78 is 10.4. The molecule has 4 heterocycles. The topological polar surface area (TPSA) is 8.82 Å². The van der Waals surface area contributed by atoms with Crippen LogP contribution >= 0.6 is 22.7 Å². The molecule has 0 radical (unpaired) electrons. The van der Waals surface area contributed by atoms with Crippen molar-refractivity contribution >= 4 is 96.1 Å². The predicted octanol–water partition coefficient (Wildman–Crippen LogP) is 21.1. The summed E-state index contributed by atoms with van der Waals surface area (Å²) in [7, 11) is 0. The Bertz CT molecular complexity index is 4140. The van der Waals surface area contributed by atoms with E-state index in [9.17, 15) is 0 Å². The zero-order chi connectivity index (χ0) is 51.4. The highest BCUT2D eigenvalue weighted by Crippen LogP contribution is 2.52. The van der Waals surface area contributed by atoms with Gasteiger partial charge in [-0.3, -0.25) is 0 Å². The van der Waals surface area contributed by atoms with Gasteiger partial charge in [0.05, 0.1) is 51.9 Å². The molecule has 0 aliphatic rings. The van der Waals surface area contributed by atoms with Crippen LogP contribution in [-0.2, 0) is 21.7 Å². The minimum Gasteiger partial charge on any atom is -0.306 e. The molecule has 0 aliphatic carbocycles. The molecule has 366 valence electrons. The molecule has 0 N–H and O–H groups in total. The molecular formula is C70H64N2S2. The van der Waals surface area contributed by atoms with Crippen LogP contribution in [-0.4, -0.2) is 8.80 Å². The van der Waals surface area contributed by atoms with Crippen molar-refractivity contribution in [2.45, 2.75) is 105 Å². The van der Waals surface area contributed by atoms with Crippen LogP contribution in [0.3, 0.4) is 0 Å². The Kier molecular flexibility index (Phi) is 10.3. The zero-order valence-electron chi connectivity index (χ0n) is 44.9. The third kappa shape index (κ3) is 7.30. The van der Waals surface area contributed by atoms with Crippen LogP contribution < -0.4 is 0 Å². The minimum absolute atomic E-state index is 0.0141. The monoisotopic (exact) mass is 996 g/mol. The Hall–Kier alpha value is -6.98. The number of hydrogen-bond acceptors (Lipinski definition) is 2. The van der Waals surface area contributed by atoms with Gasteiger partial charge in [-0.2, -0.15) is 0 Å². The molecule has 4 heteroatoms. The van der Waals surface area contributed by atoms with Crippen molar-refractivity contribution in [2.75, 3.05) is 0 Å². The van der Waals surface area contributed by atoms with Gasteiger partial charge < -0.3 is 8.80 Å². The van der Waals surface area contributed by atoms with Gasteiger partial charge in [0.2, 0.25) is 0 Å². The minimum atomic E-state index is -0.0141. The van der Waals surface area contributed by atoms with E-state index in [-0.39, 0.29) is 21.7 Å². The summed E-state index contributed by atoms with van der Waals surface area (Å²) in [5, 5.41) is 5.23. The first-order valence-electron chi connectivity index (χ1n) is 26.4. The van der Waals surface area contributed by atoms with E-state index in [1.807, 2.05) is 22.7 Å². The third-order valence-corrected chi connectivity index (χ3v) is 18.3. The van der Waals surface area contributed by atoms with Crippen LogP contribution in [0.15, 0.2) is 170 Å². The quantitative estimate of drug-likeness (QED) is 0.155. The lowest BCUT2D eigenvalue weighted by molar-refractivity contribution is 0.590. The van der Waals surface area contributed by atoms with E-state index in [0.717, 1.165) is 0 Å². The Morgan fingerprint density at radius 3 is 1.00 bits per heavy atom. The number of nitrogens with zero attached hydrogens (tertiary/aromatic N) is 2. The highest BCUT2D eigenvalue weighted by Gasteiger charge is 2.28. The van der Waals surface area contributed by atoms with Crippen molar-refractivity contribution in [3.8, 4) is 44.5 Å². The molecule has 0 saturated carbocycles. The van der Waals surface area contributed by atoms with E-state index in [1.165, 1.54) is 140 Å². The second-order valence-electron chi connectivity index (χ2n) is 25.1. The predicted molar refractivity (Wildman–Crippen MR) is 326 cm³/mol. The fourth-order valence-corrected chi connectivity index (χ4v) is 14.2. The number of hydrogen-bond donors (Lipinski definition) is 0. The summed E-state index contributed by atoms with van der Waals surface area (Å²) in [6.07, 6.45) is 0. The van der Waals surface area contributed by atoms with E-state index < -0.39 is 0 Å². The molecule has 13 rings (SSSR count). The van der Waals surface area contributed by atoms with Crippen LogP contribution in [0.2, 0.25) is 0 Å². The van der Waals surface area contributed by atoms with E-state index in [0.29, 0.717) is 0 Å². The molecule has 0 spiro atoms. The summed E-state index contributed by atoms with van der Waals surface area (Å²) >= 11 is 3.89. The van der Waals surface area contributed by atoms with Crippen LogP contribution in [0.5, 0.6) is 0 Å². The number of aromatic nitrogens is 2. The smallest absolute Gasteiger partial charge is 0.0736 e. The van der Waals surface area contributed by atoms with Crippen molar-refractivity contribution in [1.82, 2.24) is 8.80 Å². The Labute approximate surface area is 443 Å².